The maximum atomic E-state index is 10.7. The zero-order valence-corrected chi connectivity index (χ0v) is 12.0. The molecule has 2 rings (SSSR count). The van der Waals surface area contributed by atoms with Gasteiger partial charge in [-0.05, 0) is 35.0 Å². The maximum absolute atomic E-state index is 10.7. The summed E-state index contributed by atoms with van der Waals surface area (Å²) in [6, 6.07) is 5.49. The molecular weight excluding hydrogens is 314 g/mol. The van der Waals surface area contributed by atoms with Crippen LogP contribution < -0.4 is 4.74 Å². The van der Waals surface area contributed by atoms with Gasteiger partial charge in [0.2, 0.25) is 0 Å². The van der Waals surface area contributed by atoms with Crippen LogP contribution in [0.15, 0.2) is 22.7 Å². The Hall–Kier alpha value is -1.89. The van der Waals surface area contributed by atoms with Crippen molar-refractivity contribution in [1.82, 2.24) is 15.0 Å². The molecule has 0 saturated heterocycles. The topological polar surface area (TPSA) is 77.2 Å². The SMILES string of the molecule is COc1cc(-n2nnc(CC(=O)O)c2C)ccc1Br. The normalized spacial score (nSPS) is 10.5. The summed E-state index contributed by atoms with van der Waals surface area (Å²) in [5.41, 5.74) is 1.92. The zero-order chi connectivity index (χ0) is 14.0. The molecule has 0 amide bonds. The average molecular weight is 326 g/mol. The minimum Gasteiger partial charge on any atom is -0.495 e. The molecule has 0 spiro atoms. The molecule has 0 aliphatic heterocycles. The number of hydrogen-bond donors (Lipinski definition) is 1. The van der Waals surface area contributed by atoms with E-state index in [9.17, 15) is 4.79 Å². The highest BCUT2D eigenvalue weighted by Crippen LogP contribution is 2.27. The van der Waals surface area contributed by atoms with Crippen molar-refractivity contribution >= 4 is 21.9 Å². The van der Waals surface area contributed by atoms with Gasteiger partial charge in [0.15, 0.2) is 0 Å². The van der Waals surface area contributed by atoms with Crippen LogP contribution in [0.1, 0.15) is 11.4 Å². The number of nitrogens with zero attached hydrogens (tertiary/aromatic N) is 3. The maximum Gasteiger partial charge on any atom is 0.309 e. The van der Waals surface area contributed by atoms with Crippen molar-refractivity contribution in [3.63, 3.8) is 0 Å². The molecule has 6 nitrogen and oxygen atoms in total. The number of aliphatic carboxylic acids is 1. The molecule has 0 atom stereocenters. The number of aromatic nitrogens is 3. The lowest BCUT2D eigenvalue weighted by molar-refractivity contribution is -0.136. The van der Waals surface area contributed by atoms with Gasteiger partial charge in [-0.25, -0.2) is 4.68 Å². The van der Waals surface area contributed by atoms with Crippen LogP contribution >= 0.6 is 15.9 Å². The first-order valence-electron chi connectivity index (χ1n) is 5.50. The second-order valence-corrected chi connectivity index (χ2v) is 4.78. The standard InChI is InChI=1S/C12H12BrN3O3/c1-7-10(6-12(17)18)14-15-16(7)8-3-4-9(13)11(5-8)19-2/h3-5H,6H2,1-2H3,(H,17,18). The fourth-order valence-corrected chi connectivity index (χ4v) is 2.10. The van der Waals surface area contributed by atoms with E-state index in [1.807, 2.05) is 12.1 Å². The van der Waals surface area contributed by atoms with E-state index in [0.717, 1.165) is 10.2 Å². The summed E-state index contributed by atoms with van der Waals surface area (Å²) in [4.78, 5) is 10.7. The fourth-order valence-electron chi connectivity index (χ4n) is 1.69. The van der Waals surface area contributed by atoms with Crippen molar-refractivity contribution in [2.75, 3.05) is 7.11 Å². The number of benzene rings is 1. The number of ether oxygens (including phenoxy) is 1. The smallest absolute Gasteiger partial charge is 0.309 e. The number of halogens is 1. The number of rotatable bonds is 4. The molecule has 0 fully saturated rings. The molecule has 19 heavy (non-hydrogen) atoms. The van der Waals surface area contributed by atoms with Crippen LogP contribution in [0.4, 0.5) is 0 Å². The predicted octanol–water partition coefficient (Wildman–Crippen LogP) is 1.97. The average Bonchev–Trinajstić information content (AvgIpc) is 2.71. The largest absolute Gasteiger partial charge is 0.495 e. The summed E-state index contributed by atoms with van der Waals surface area (Å²) in [5, 5.41) is 16.7. The van der Waals surface area contributed by atoms with Gasteiger partial charge in [-0.2, -0.15) is 0 Å². The minimum absolute atomic E-state index is 0.139. The van der Waals surface area contributed by atoms with Gasteiger partial charge < -0.3 is 9.84 Å². The van der Waals surface area contributed by atoms with Gasteiger partial charge in [-0.15, -0.1) is 5.10 Å². The van der Waals surface area contributed by atoms with Crippen molar-refractivity contribution in [3.8, 4) is 11.4 Å². The number of carbonyl (C=O) groups is 1. The second kappa shape index (κ2) is 5.40. The van der Waals surface area contributed by atoms with Crippen molar-refractivity contribution < 1.29 is 14.6 Å². The first-order chi connectivity index (χ1) is 9.02. The van der Waals surface area contributed by atoms with E-state index in [1.54, 1.807) is 24.8 Å². The summed E-state index contributed by atoms with van der Waals surface area (Å²) in [6.07, 6.45) is -0.139. The third-order valence-corrected chi connectivity index (χ3v) is 3.34. The number of carboxylic acids is 1. The Morgan fingerprint density at radius 3 is 2.89 bits per heavy atom. The minimum atomic E-state index is -0.927. The Labute approximate surface area is 118 Å². The van der Waals surface area contributed by atoms with Crippen molar-refractivity contribution in [2.45, 2.75) is 13.3 Å². The Morgan fingerprint density at radius 1 is 1.53 bits per heavy atom. The zero-order valence-electron chi connectivity index (χ0n) is 10.4. The van der Waals surface area contributed by atoms with Crippen LogP contribution in [-0.2, 0) is 11.2 Å². The molecule has 100 valence electrons. The Balaban J connectivity index is 2.42. The lowest BCUT2D eigenvalue weighted by Gasteiger charge is -2.07. The van der Waals surface area contributed by atoms with E-state index in [0.29, 0.717) is 17.1 Å². The lowest BCUT2D eigenvalue weighted by atomic mass is 10.2. The van der Waals surface area contributed by atoms with Crippen molar-refractivity contribution in [2.24, 2.45) is 0 Å². The first-order valence-corrected chi connectivity index (χ1v) is 6.29. The van der Waals surface area contributed by atoms with Gasteiger partial charge in [0.05, 0.1) is 35.1 Å². The lowest BCUT2D eigenvalue weighted by Crippen LogP contribution is -2.03. The molecule has 1 aromatic carbocycles. The predicted molar refractivity (Wildman–Crippen MR) is 71.7 cm³/mol. The fraction of sp³-hybridized carbons (Fsp3) is 0.250. The first kappa shape index (κ1) is 13.5. The van der Waals surface area contributed by atoms with E-state index in [2.05, 4.69) is 26.2 Å². The van der Waals surface area contributed by atoms with Crippen LogP contribution in [-0.4, -0.2) is 33.2 Å². The summed E-state index contributed by atoms with van der Waals surface area (Å²) >= 11 is 3.37. The molecule has 0 saturated carbocycles. The molecule has 7 heteroatoms. The van der Waals surface area contributed by atoms with Crippen LogP contribution in [0, 0.1) is 6.92 Å². The van der Waals surface area contributed by atoms with Gasteiger partial charge >= 0.3 is 5.97 Å². The molecule has 1 heterocycles. The second-order valence-electron chi connectivity index (χ2n) is 3.92. The highest BCUT2D eigenvalue weighted by molar-refractivity contribution is 9.10. The molecule has 0 radical (unpaired) electrons. The van der Waals surface area contributed by atoms with Crippen molar-refractivity contribution in [3.05, 3.63) is 34.1 Å². The third-order valence-electron chi connectivity index (χ3n) is 2.69. The van der Waals surface area contributed by atoms with Crippen LogP contribution in [0.25, 0.3) is 5.69 Å². The Morgan fingerprint density at radius 2 is 2.26 bits per heavy atom. The summed E-state index contributed by atoms with van der Waals surface area (Å²) < 4.78 is 7.64. The molecule has 2 aromatic rings. The van der Waals surface area contributed by atoms with E-state index < -0.39 is 5.97 Å². The number of carboxylic acid groups (broad SMARTS) is 1. The van der Waals surface area contributed by atoms with Crippen LogP contribution in [0.2, 0.25) is 0 Å². The number of methoxy groups -OCH3 is 1. The molecule has 0 aliphatic carbocycles. The highest BCUT2D eigenvalue weighted by Gasteiger charge is 2.14. The molecule has 0 bridgehead atoms. The summed E-state index contributed by atoms with van der Waals surface area (Å²) in [5.74, 6) is -0.254. The van der Waals surface area contributed by atoms with Gasteiger partial charge in [0.25, 0.3) is 0 Å². The van der Waals surface area contributed by atoms with Crippen LogP contribution in [0.5, 0.6) is 5.75 Å². The molecular formula is C12H12BrN3O3. The monoisotopic (exact) mass is 325 g/mol. The van der Waals surface area contributed by atoms with Crippen LogP contribution in [0.3, 0.4) is 0 Å². The molecule has 0 aliphatic rings. The summed E-state index contributed by atoms with van der Waals surface area (Å²) in [7, 11) is 1.58. The van der Waals surface area contributed by atoms with Gasteiger partial charge in [0, 0.05) is 6.07 Å². The Kier molecular flexibility index (Phi) is 3.84. The van der Waals surface area contributed by atoms with Gasteiger partial charge in [0.1, 0.15) is 5.75 Å². The molecule has 0 unspecified atom stereocenters. The van der Waals surface area contributed by atoms with Gasteiger partial charge in [-0.1, -0.05) is 5.21 Å². The highest BCUT2D eigenvalue weighted by atomic mass is 79.9. The molecule has 1 aromatic heterocycles. The van der Waals surface area contributed by atoms with Gasteiger partial charge in [-0.3, -0.25) is 4.79 Å². The Bertz CT molecular complexity index is 625. The van der Waals surface area contributed by atoms with E-state index in [1.165, 1.54) is 0 Å². The third kappa shape index (κ3) is 2.76. The quantitative estimate of drug-likeness (QED) is 0.929. The number of hydrogen-bond acceptors (Lipinski definition) is 4. The van der Waals surface area contributed by atoms with Crippen molar-refractivity contribution in [1.29, 1.82) is 0 Å². The van der Waals surface area contributed by atoms with E-state index in [-0.39, 0.29) is 6.42 Å². The molecule has 1 N–H and O–H groups in total. The van der Waals surface area contributed by atoms with E-state index in [4.69, 9.17) is 9.84 Å². The summed E-state index contributed by atoms with van der Waals surface area (Å²) in [6.45, 7) is 1.78. The van der Waals surface area contributed by atoms with E-state index >= 15 is 0 Å².